The highest BCUT2D eigenvalue weighted by atomic mass is 32.2. The lowest BCUT2D eigenvalue weighted by atomic mass is 10.1. The Morgan fingerprint density at radius 1 is 1.25 bits per heavy atom. The van der Waals surface area contributed by atoms with Crippen molar-refractivity contribution in [3.8, 4) is 0 Å². The molecule has 0 amide bonds. The SMILES string of the molecule is Cc1cc(S(=O)(=O)N(C)CCC(F)(F)F)cc(N)c1C. The number of rotatable bonds is 4. The second-order valence-electron chi connectivity index (χ2n) is 4.65. The number of hydrogen-bond acceptors (Lipinski definition) is 3. The first-order valence-electron chi connectivity index (χ1n) is 5.85. The Hall–Kier alpha value is -1.28. The zero-order valence-electron chi connectivity index (χ0n) is 11.5. The fraction of sp³-hybridized carbons (Fsp3) is 0.500. The first kappa shape index (κ1) is 16.8. The Bertz CT molecular complexity index is 574. The van der Waals surface area contributed by atoms with E-state index in [-0.39, 0.29) is 4.90 Å². The number of alkyl halides is 3. The summed E-state index contributed by atoms with van der Waals surface area (Å²) in [5, 5.41) is 0. The average molecular weight is 310 g/mol. The van der Waals surface area contributed by atoms with Gasteiger partial charge in [-0.05, 0) is 37.1 Å². The van der Waals surface area contributed by atoms with Crippen LogP contribution in [0.1, 0.15) is 17.5 Å². The summed E-state index contributed by atoms with van der Waals surface area (Å²) in [6, 6.07) is 2.67. The number of aryl methyl sites for hydroxylation is 1. The first-order valence-corrected chi connectivity index (χ1v) is 7.29. The molecule has 0 aliphatic heterocycles. The van der Waals surface area contributed by atoms with Crippen molar-refractivity contribution in [2.45, 2.75) is 31.3 Å². The molecule has 1 aromatic carbocycles. The molecule has 0 unspecified atom stereocenters. The molecule has 0 aliphatic carbocycles. The highest BCUT2D eigenvalue weighted by Gasteiger charge is 2.30. The Morgan fingerprint density at radius 2 is 1.80 bits per heavy atom. The number of nitrogen functional groups attached to an aromatic ring is 1. The molecule has 0 atom stereocenters. The highest BCUT2D eigenvalue weighted by molar-refractivity contribution is 7.89. The second-order valence-corrected chi connectivity index (χ2v) is 6.69. The van der Waals surface area contributed by atoms with Crippen LogP contribution in [0.15, 0.2) is 17.0 Å². The third-order valence-corrected chi connectivity index (χ3v) is 4.93. The van der Waals surface area contributed by atoms with Gasteiger partial charge in [0.25, 0.3) is 0 Å². The molecule has 0 radical (unpaired) electrons. The molecule has 0 fully saturated rings. The minimum Gasteiger partial charge on any atom is -0.398 e. The van der Waals surface area contributed by atoms with Gasteiger partial charge < -0.3 is 5.73 Å². The Balaban J connectivity index is 3.05. The molecule has 0 heterocycles. The maximum Gasteiger partial charge on any atom is 0.390 e. The van der Waals surface area contributed by atoms with Gasteiger partial charge in [-0.15, -0.1) is 0 Å². The molecule has 2 N–H and O–H groups in total. The molecule has 0 saturated carbocycles. The van der Waals surface area contributed by atoms with Gasteiger partial charge in [-0.25, -0.2) is 12.7 Å². The van der Waals surface area contributed by atoms with E-state index in [2.05, 4.69) is 0 Å². The van der Waals surface area contributed by atoms with E-state index in [4.69, 9.17) is 5.73 Å². The van der Waals surface area contributed by atoms with E-state index < -0.39 is 29.2 Å². The zero-order chi connectivity index (χ0) is 15.7. The van der Waals surface area contributed by atoms with Gasteiger partial charge in [-0.3, -0.25) is 0 Å². The third-order valence-electron chi connectivity index (χ3n) is 3.10. The predicted octanol–water partition coefficient (Wildman–Crippen LogP) is 2.46. The largest absolute Gasteiger partial charge is 0.398 e. The van der Waals surface area contributed by atoms with Crippen LogP contribution in [0.2, 0.25) is 0 Å². The van der Waals surface area contributed by atoms with Crippen molar-refractivity contribution in [2.75, 3.05) is 19.3 Å². The summed E-state index contributed by atoms with van der Waals surface area (Å²) in [6.07, 6.45) is -5.59. The Labute approximate surface area is 116 Å². The molecule has 0 aromatic heterocycles. The number of anilines is 1. The molecule has 114 valence electrons. The topological polar surface area (TPSA) is 63.4 Å². The minimum absolute atomic E-state index is 0.0947. The van der Waals surface area contributed by atoms with Gasteiger partial charge in [-0.2, -0.15) is 13.2 Å². The molecule has 4 nitrogen and oxygen atoms in total. The maximum absolute atomic E-state index is 12.2. The molecule has 0 aliphatic rings. The van der Waals surface area contributed by atoms with Gasteiger partial charge in [0.2, 0.25) is 10.0 Å². The van der Waals surface area contributed by atoms with E-state index in [1.807, 2.05) is 0 Å². The van der Waals surface area contributed by atoms with Crippen LogP contribution in [0.3, 0.4) is 0 Å². The van der Waals surface area contributed by atoms with Gasteiger partial charge in [-0.1, -0.05) is 0 Å². The monoisotopic (exact) mass is 310 g/mol. The quantitative estimate of drug-likeness (QED) is 0.869. The summed E-state index contributed by atoms with van der Waals surface area (Å²) in [7, 11) is -2.85. The van der Waals surface area contributed by atoms with Gasteiger partial charge >= 0.3 is 6.18 Å². The fourth-order valence-corrected chi connectivity index (χ4v) is 2.88. The maximum atomic E-state index is 12.2. The van der Waals surface area contributed by atoms with E-state index in [0.717, 1.165) is 12.6 Å². The van der Waals surface area contributed by atoms with Gasteiger partial charge in [0, 0.05) is 19.3 Å². The summed E-state index contributed by atoms with van der Waals surface area (Å²) in [5.41, 5.74) is 7.42. The molecule has 1 rings (SSSR count). The van der Waals surface area contributed by atoms with Crippen molar-refractivity contribution in [1.82, 2.24) is 4.31 Å². The van der Waals surface area contributed by atoms with E-state index >= 15 is 0 Å². The molecular formula is C12H17F3N2O2S. The first-order chi connectivity index (χ1) is 8.95. The van der Waals surface area contributed by atoms with Crippen LogP contribution in [0, 0.1) is 13.8 Å². The van der Waals surface area contributed by atoms with Crippen LogP contribution in [0.4, 0.5) is 18.9 Å². The molecular weight excluding hydrogens is 293 g/mol. The van der Waals surface area contributed by atoms with Crippen LogP contribution in [0.25, 0.3) is 0 Å². The van der Waals surface area contributed by atoms with Gasteiger partial charge in [0.1, 0.15) is 0 Å². The fourth-order valence-electron chi connectivity index (χ4n) is 1.59. The third kappa shape index (κ3) is 3.86. The summed E-state index contributed by atoms with van der Waals surface area (Å²) >= 11 is 0. The number of sulfonamides is 1. The van der Waals surface area contributed by atoms with Crippen LogP contribution < -0.4 is 5.73 Å². The summed E-state index contributed by atoms with van der Waals surface area (Å²) in [5.74, 6) is 0. The van der Waals surface area contributed by atoms with Crippen molar-refractivity contribution >= 4 is 15.7 Å². The molecule has 20 heavy (non-hydrogen) atoms. The highest BCUT2D eigenvalue weighted by Crippen LogP contribution is 2.25. The number of halogens is 3. The Morgan fingerprint density at radius 3 is 2.25 bits per heavy atom. The summed E-state index contributed by atoms with van der Waals surface area (Å²) in [4.78, 5) is -0.0947. The van der Waals surface area contributed by atoms with Crippen molar-refractivity contribution in [3.05, 3.63) is 23.3 Å². The van der Waals surface area contributed by atoms with E-state index in [9.17, 15) is 21.6 Å². The minimum atomic E-state index is -4.40. The van der Waals surface area contributed by atoms with E-state index in [1.165, 1.54) is 12.1 Å². The number of hydrogen-bond donors (Lipinski definition) is 1. The van der Waals surface area contributed by atoms with Crippen molar-refractivity contribution < 1.29 is 21.6 Å². The number of nitrogens with two attached hydrogens (primary N) is 1. The normalized spacial score (nSPS) is 12.9. The standard InChI is InChI=1S/C12H17F3N2O2S/c1-8-6-10(7-11(16)9(8)2)20(18,19)17(3)5-4-12(13,14)15/h6-7H,4-5,16H2,1-3H3. The Kier molecular flexibility index (Phi) is 4.70. The molecule has 1 aromatic rings. The lowest BCUT2D eigenvalue weighted by Crippen LogP contribution is -2.30. The lowest BCUT2D eigenvalue weighted by Gasteiger charge is -2.19. The molecule has 0 bridgehead atoms. The van der Waals surface area contributed by atoms with Crippen LogP contribution in [-0.2, 0) is 10.0 Å². The van der Waals surface area contributed by atoms with Crippen LogP contribution in [-0.4, -0.2) is 32.5 Å². The molecule has 8 heteroatoms. The second kappa shape index (κ2) is 5.61. The van der Waals surface area contributed by atoms with Crippen molar-refractivity contribution in [2.24, 2.45) is 0 Å². The molecule has 0 saturated heterocycles. The van der Waals surface area contributed by atoms with E-state index in [1.54, 1.807) is 13.8 Å². The molecule has 0 spiro atoms. The van der Waals surface area contributed by atoms with E-state index in [0.29, 0.717) is 15.6 Å². The van der Waals surface area contributed by atoms with Gasteiger partial charge in [0.15, 0.2) is 0 Å². The van der Waals surface area contributed by atoms with Crippen LogP contribution >= 0.6 is 0 Å². The van der Waals surface area contributed by atoms with Crippen molar-refractivity contribution in [3.63, 3.8) is 0 Å². The predicted molar refractivity (Wildman–Crippen MR) is 70.8 cm³/mol. The van der Waals surface area contributed by atoms with Gasteiger partial charge in [0.05, 0.1) is 11.3 Å². The lowest BCUT2D eigenvalue weighted by molar-refractivity contribution is -0.135. The zero-order valence-corrected chi connectivity index (χ0v) is 12.3. The average Bonchev–Trinajstić information content (AvgIpc) is 2.31. The smallest absolute Gasteiger partial charge is 0.390 e. The number of benzene rings is 1. The summed E-state index contributed by atoms with van der Waals surface area (Å²) < 4.78 is 61.5. The van der Waals surface area contributed by atoms with Crippen LogP contribution in [0.5, 0.6) is 0 Å². The number of nitrogens with zero attached hydrogens (tertiary/aromatic N) is 1. The van der Waals surface area contributed by atoms with Crippen molar-refractivity contribution in [1.29, 1.82) is 0 Å². The summed E-state index contributed by atoms with van der Waals surface area (Å²) in [6.45, 7) is 2.81.